The normalized spacial score (nSPS) is 17.2. The van der Waals surface area contributed by atoms with Crippen LogP contribution in [0, 0.1) is 0 Å². The van der Waals surface area contributed by atoms with Crippen molar-refractivity contribution in [1.82, 2.24) is 15.5 Å². The first-order valence-electron chi connectivity index (χ1n) is 6.80. The fourth-order valence-corrected chi connectivity index (χ4v) is 3.14. The Morgan fingerprint density at radius 3 is 2.75 bits per heavy atom. The molecule has 1 aliphatic rings. The molecule has 3 rings (SSSR count). The van der Waals surface area contributed by atoms with Crippen LogP contribution in [-0.2, 0) is 14.4 Å². The van der Waals surface area contributed by atoms with Crippen molar-refractivity contribution in [3.05, 3.63) is 41.4 Å². The van der Waals surface area contributed by atoms with Gasteiger partial charge in [-0.05, 0) is 5.56 Å². The number of anilines is 1. The monoisotopic (exact) mass is 361 g/mol. The van der Waals surface area contributed by atoms with E-state index in [0.29, 0.717) is 10.7 Å². The van der Waals surface area contributed by atoms with Crippen LogP contribution in [0.4, 0.5) is 5.13 Å². The van der Waals surface area contributed by atoms with Crippen molar-refractivity contribution in [2.75, 3.05) is 11.1 Å². The maximum absolute atomic E-state index is 12.2. The summed E-state index contributed by atoms with van der Waals surface area (Å²) >= 11 is 2.17. The molecule has 8 nitrogen and oxygen atoms in total. The average molecular weight is 361 g/mol. The van der Waals surface area contributed by atoms with Crippen LogP contribution in [0.1, 0.15) is 11.5 Å². The predicted molar refractivity (Wildman–Crippen MR) is 90.8 cm³/mol. The first kappa shape index (κ1) is 16.3. The van der Waals surface area contributed by atoms with Gasteiger partial charge in [0.2, 0.25) is 16.9 Å². The zero-order chi connectivity index (χ0) is 16.9. The molecule has 0 bridgehead atoms. The molecule has 0 aliphatic carbocycles. The number of rotatable bonds is 4. The minimum absolute atomic E-state index is 0.0119. The average Bonchev–Trinajstić information content (AvgIpc) is 3.06. The van der Waals surface area contributed by atoms with Gasteiger partial charge in [0, 0.05) is 0 Å². The predicted octanol–water partition coefficient (Wildman–Crippen LogP) is 1.01. The molecule has 122 valence electrons. The lowest BCUT2D eigenvalue weighted by Crippen LogP contribution is -2.41. The fourth-order valence-electron chi connectivity index (χ4n) is 2.01. The summed E-state index contributed by atoms with van der Waals surface area (Å²) in [5.74, 6) is -2.29. The van der Waals surface area contributed by atoms with E-state index in [1.54, 1.807) is 30.3 Å². The van der Waals surface area contributed by atoms with Gasteiger partial charge in [0.15, 0.2) is 5.17 Å². The quantitative estimate of drug-likeness (QED) is 0.786. The Labute approximate surface area is 144 Å². The molecule has 24 heavy (non-hydrogen) atoms. The summed E-state index contributed by atoms with van der Waals surface area (Å²) in [7, 11) is 0. The standard InChI is InChI=1S/C14H11N5O3S2/c20-9(16-14-19-15-7-24-14)6-23-13-17-11(21)10(12(22)18-13)8-4-2-1-3-5-8/h1-5,7,10H,6H2,(H,16,19,20)(H,17,18,21,22). The van der Waals surface area contributed by atoms with Gasteiger partial charge >= 0.3 is 0 Å². The van der Waals surface area contributed by atoms with Gasteiger partial charge in [-0.1, -0.05) is 53.4 Å². The van der Waals surface area contributed by atoms with Crippen molar-refractivity contribution in [3.63, 3.8) is 0 Å². The zero-order valence-corrected chi connectivity index (χ0v) is 13.8. The number of hydrogen-bond donors (Lipinski definition) is 2. The Morgan fingerprint density at radius 2 is 2.08 bits per heavy atom. The lowest BCUT2D eigenvalue weighted by molar-refractivity contribution is -0.129. The summed E-state index contributed by atoms with van der Waals surface area (Å²) in [6, 6.07) is 8.70. The number of aromatic nitrogens is 2. The zero-order valence-electron chi connectivity index (χ0n) is 12.1. The van der Waals surface area contributed by atoms with Gasteiger partial charge < -0.3 is 5.32 Å². The van der Waals surface area contributed by atoms with Crippen molar-refractivity contribution in [3.8, 4) is 0 Å². The van der Waals surface area contributed by atoms with Crippen LogP contribution in [0.15, 0.2) is 40.8 Å². The molecule has 2 N–H and O–H groups in total. The lowest BCUT2D eigenvalue weighted by atomic mass is 9.97. The fraction of sp³-hybridized carbons (Fsp3) is 0.143. The topological polar surface area (TPSA) is 113 Å². The molecular weight excluding hydrogens is 350 g/mol. The Hall–Kier alpha value is -2.59. The maximum atomic E-state index is 12.2. The molecule has 1 aromatic heterocycles. The number of benzene rings is 1. The second-order valence-electron chi connectivity index (χ2n) is 4.67. The van der Waals surface area contributed by atoms with Crippen molar-refractivity contribution >= 4 is 51.1 Å². The smallest absolute Gasteiger partial charge is 0.265 e. The van der Waals surface area contributed by atoms with E-state index in [-0.39, 0.29) is 16.8 Å². The Balaban J connectivity index is 1.61. The number of amidine groups is 1. The van der Waals surface area contributed by atoms with Gasteiger partial charge in [-0.3, -0.25) is 19.7 Å². The maximum Gasteiger partial charge on any atom is 0.265 e. The van der Waals surface area contributed by atoms with Gasteiger partial charge in [0.05, 0.1) is 5.75 Å². The van der Waals surface area contributed by atoms with Crippen LogP contribution in [0.3, 0.4) is 0 Å². The SMILES string of the molecule is O=C(CSC1=NC(=O)[C@@H](c2ccccc2)C(=O)N1)Nc1nncs1. The number of carbonyl (C=O) groups is 3. The highest BCUT2D eigenvalue weighted by Gasteiger charge is 2.33. The van der Waals surface area contributed by atoms with Crippen LogP contribution in [0.25, 0.3) is 0 Å². The first-order chi connectivity index (χ1) is 11.6. The van der Waals surface area contributed by atoms with E-state index < -0.39 is 17.7 Å². The van der Waals surface area contributed by atoms with E-state index in [1.807, 2.05) is 0 Å². The molecule has 1 aromatic carbocycles. The summed E-state index contributed by atoms with van der Waals surface area (Å²) in [5.41, 5.74) is 2.08. The van der Waals surface area contributed by atoms with E-state index in [4.69, 9.17) is 0 Å². The molecule has 0 unspecified atom stereocenters. The van der Waals surface area contributed by atoms with Crippen molar-refractivity contribution in [1.29, 1.82) is 0 Å². The third-order valence-electron chi connectivity index (χ3n) is 3.03. The molecule has 0 saturated carbocycles. The van der Waals surface area contributed by atoms with Crippen molar-refractivity contribution in [2.24, 2.45) is 4.99 Å². The minimum Gasteiger partial charge on any atom is -0.304 e. The van der Waals surface area contributed by atoms with Gasteiger partial charge in [-0.15, -0.1) is 10.2 Å². The highest BCUT2D eigenvalue weighted by atomic mass is 32.2. The summed E-state index contributed by atoms with van der Waals surface area (Å²) in [6.07, 6.45) is 0. The number of nitrogens with zero attached hydrogens (tertiary/aromatic N) is 3. The summed E-state index contributed by atoms with van der Waals surface area (Å²) in [4.78, 5) is 39.9. The van der Waals surface area contributed by atoms with Crippen molar-refractivity contribution < 1.29 is 14.4 Å². The Kier molecular flexibility index (Phi) is 4.96. The summed E-state index contributed by atoms with van der Waals surface area (Å²) in [6.45, 7) is 0. The molecule has 2 aromatic rings. The van der Waals surface area contributed by atoms with Crippen LogP contribution in [0.2, 0.25) is 0 Å². The molecule has 0 saturated heterocycles. The highest BCUT2D eigenvalue weighted by molar-refractivity contribution is 8.14. The number of aliphatic imine (C=N–C) groups is 1. The molecule has 0 radical (unpaired) electrons. The molecule has 1 atom stereocenters. The van der Waals surface area contributed by atoms with E-state index in [1.165, 1.54) is 16.8 Å². The van der Waals surface area contributed by atoms with E-state index in [0.717, 1.165) is 11.8 Å². The van der Waals surface area contributed by atoms with Gasteiger partial charge in [-0.25, -0.2) is 0 Å². The number of carbonyl (C=O) groups excluding carboxylic acids is 3. The number of amides is 3. The molecule has 0 spiro atoms. The van der Waals surface area contributed by atoms with E-state index in [9.17, 15) is 14.4 Å². The molecule has 0 fully saturated rings. The molecule has 3 amide bonds. The summed E-state index contributed by atoms with van der Waals surface area (Å²) < 4.78 is 0. The van der Waals surface area contributed by atoms with Gasteiger partial charge in [0.25, 0.3) is 5.91 Å². The van der Waals surface area contributed by atoms with Crippen LogP contribution < -0.4 is 10.6 Å². The first-order valence-corrected chi connectivity index (χ1v) is 8.67. The summed E-state index contributed by atoms with van der Waals surface area (Å²) in [5, 5.41) is 12.9. The third-order valence-corrected chi connectivity index (χ3v) is 4.51. The third kappa shape index (κ3) is 3.84. The second-order valence-corrected chi connectivity index (χ2v) is 6.47. The van der Waals surface area contributed by atoms with E-state index in [2.05, 4.69) is 25.8 Å². The van der Waals surface area contributed by atoms with Crippen LogP contribution in [-0.4, -0.2) is 38.8 Å². The molecule has 10 heteroatoms. The largest absolute Gasteiger partial charge is 0.304 e. The number of hydrogen-bond acceptors (Lipinski definition) is 7. The van der Waals surface area contributed by atoms with Crippen LogP contribution >= 0.6 is 23.1 Å². The Morgan fingerprint density at radius 1 is 1.29 bits per heavy atom. The molecule has 2 heterocycles. The van der Waals surface area contributed by atoms with Gasteiger partial charge in [0.1, 0.15) is 11.4 Å². The molecular formula is C14H11N5O3S2. The van der Waals surface area contributed by atoms with Crippen molar-refractivity contribution in [2.45, 2.75) is 5.92 Å². The van der Waals surface area contributed by atoms with Gasteiger partial charge in [-0.2, -0.15) is 4.99 Å². The minimum atomic E-state index is -0.953. The van der Waals surface area contributed by atoms with E-state index >= 15 is 0 Å². The van der Waals surface area contributed by atoms with Crippen LogP contribution in [0.5, 0.6) is 0 Å². The Bertz CT molecular complexity index is 792. The number of thioether (sulfide) groups is 1. The second kappa shape index (κ2) is 7.32. The molecule has 1 aliphatic heterocycles. The number of nitrogens with one attached hydrogen (secondary N) is 2. The highest BCUT2D eigenvalue weighted by Crippen LogP contribution is 2.22. The lowest BCUT2D eigenvalue weighted by Gasteiger charge is -2.19.